The number of benzene rings is 2. The molecular formula is C25H28N2O7. The number of hydrogen-bond acceptors (Lipinski definition) is 6. The maximum absolute atomic E-state index is 12.2. The molecule has 2 aromatic rings. The van der Waals surface area contributed by atoms with Gasteiger partial charge in [-0.05, 0) is 35.1 Å². The third kappa shape index (κ3) is 6.34. The van der Waals surface area contributed by atoms with Crippen LogP contribution in [0.15, 0.2) is 48.5 Å². The van der Waals surface area contributed by atoms with Gasteiger partial charge in [-0.2, -0.15) is 0 Å². The molecule has 0 radical (unpaired) electrons. The topological polar surface area (TPSA) is 131 Å². The Kier molecular flexibility index (Phi) is 8.61. The first-order valence-corrected chi connectivity index (χ1v) is 11.1. The molecule has 0 unspecified atom stereocenters. The van der Waals surface area contributed by atoms with Gasteiger partial charge in [-0.15, -0.1) is 0 Å². The second-order valence-corrected chi connectivity index (χ2v) is 7.93. The monoisotopic (exact) mass is 468 g/mol. The zero-order valence-electron chi connectivity index (χ0n) is 18.9. The van der Waals surface area contributed by atoms with E-state index in [0.717, 1.165) is 22.3 Å². The van der Waals surface area contributed by atoms with Crippen molar-refractivity contribution < 1.29 is 33.8 Å². The maximum Gasteiger partial charge on any atom is 0.407 e. The normalized spacial score (nSPS) is 12.7. The van der Waals surface area contributed by atoms with Gasteiger partial charge in [0, 0.05) is 25.3 Å². The number of fused-ring (bicyclic) bond motifs is 3. The lowest BCUT2D eigenvalue weighted by atomic mass is 9.98. The highest BCUT2D eigenvalue weighted by atomic mass is 16.5. The van der Waals surface area contributed by atoms with Crippen molar-refractivity contribution in [1.82, 2.24) is 10.6 Å². The summed E-state index contributed by atoms with van der Waals surface area (Å²) in [7, 11) is 1.21. The molecule has 1 atom stereocenters. The van der Waals surface area contributed by atoms with Gasteiger partial charge in [0.15, 0.2) is 0 Å². The predicted octanol–water partition coefficient (Wildman–Crippen LogP) is 2.83. The van der Waals surface area contributed by atoms with Crippen molar-refractivity contribution in [3.63, 3.8) is 0 Å². The zero-order chi connectivity index (χ0) is 24.5. The average molecular weight is 469 g/mol. The van der Waals surface area contributed by atoms with Gasteiger partial charge in [-0.3, -0.25) is 9.59 Å². The van der Waals surface area contributed by atoms with Crippen LogP contribution in [-0.4, -0.2) is 55.3 Å². The number of amides is 2. The summed E-state index contributed by atoms with van der Waals surface area (Å²) in [4.78, 5) is 46.6. The molecule has 2 aromatic carbocycles. The zero-order valence-corrected chi connectivity index (χ0v) is 18.9. The van der Waals surface area contributed by atoms with E-state index in [-0.39, 0.29) is 38.3 Å². The summed E-state index contributed by atoms with van der Waals surface area (Å²) in [5.41, 5.74) is 4.52. The first kappa shape index (κ1) is 24.8. The first-order valence-electron chi connectivity index (χ1n) is 11.1. The van der Waals surface area contributed by atoms with Crippen molar-refractivity contribution in [1.29, 1.82) is 0 Å². The van der Waals surface area contributed by atoms with Crippen LogP contribution in [0, 0.1) is 0 Å². The van der Waals surface area contributed by atoms with Gasteiger partial charge < -0.3 is 25.2 Å². The lowest BCUT2D eigenvalue weighted by Crippen LogP contribution is -2.41. The van der Waals surface area contributed by atoms with Crippen LogP contribution in [0.4, 0.5) is 4.79 Å². The molecule has 9 heteroatoms. The SMILES string of the molecule is COC(=O)CC[C@@H](NC(=O)CCCNC(=O)OCC1c2ccccc2-c2ccccc21)C(=O)O. The second kappa shape index (κ2) is 11.8. The molecule has 0 saturated carbocycles. The van der Waals surface area contributed by atoms with E-state index in [1.807, 2.05) is 36.4 Å². The molecule has 0 bridgehead atoms. The van der Waals surface area contributed by atoms with Crippen molar-refractivity contribution in [2.45, 2.75) is 37.6 Å². The number of ether oxygens (including phenoxy) is 2. The Balaban J connectivity index is 1.39. The molecule has 34 heavy (non-hydrogen) atoms. The van der Waals surface area contributed by atoms with E-state index in [4.69, 9.17) is 4.74 Å². The smallest absolute Gasteiger partial charge is 0.407 e. The number of methoxy groups -OCH3 is 1. The molecule has 0 aromatic heterocycles. The first-order chi connectivity index (χ1) is 16.4. The van der Waals surface area contributed by atoms with E-state index in [9.17, 15) is 24.3 Å². The largest absolute Gasteiger partial charge is 0.480 e. The number of alkyl carbamates (subject to hydrolysis) is 1. The number of aliphatic carboxylic acids is 1. The minimum absolute atomic E-state index is 0.0195. The summed E-state index contributed by atoms with van der Waals surface area (Å²) in [6.07, 6.45) is -0.433. The molecular weight excluding hydrogens is 440 g/mol. The number of carbonyl (C=O) groups is 4. The highest BCUT2D eigenvalue weighted by Crippen LogP contribution is 2.44. The Hall–Kier alpha value is -3.88. The van der Waals surface area contributed by atoms with Gasteiger partial charge in [-0.25, -0.2) is 9.59 Å². The molecule has 2 amide bonds. The van der Waals surface area contributed by atoms with Gasteiger partial charge in [0.05, 0.1) is 7.11 Å². The predicted molar refractivity (Wildman–Crippen MR) is 123 cm³/mol. The van der Waals surface area contributed by atoms with Crippen LogP contribution in [0.25, 0.3) is 11.1 Å². The third-order valence-electron chi connectivity index (χ3n) is 5.69. The highest BCUT2D eigenvalue weighted by molar-refractivity contribution is 5.84. The van der Waals surface area contributed by atoms with Gasteiger partial charge in [0.2, 0.25) is 5.91 Å². The number of hydrogen-bond donors (Lipinski definition) is 3. The Bertz CT molecular complexity index is 1010. The summed E-state index contributed by atoms with van der Waals surface area (Å²) in [6, 6.07) is 14.9. The van der Waals surface area contributed by atoms with Gasteiger partial charge in [0.1, 0.15) is 12.6 Å². The molecule has 3 rings (SSSR count). The standard InChI is InChI=1S/C25H28N2O7/c1-33-23(29)13-12-21(24(30)31)27-22(28)11-6-14-26-25(32)34-15-20-18-9-4-2-7-16(18)17-8-3-5-10-19(17)20/h2-5,7-10,20-21H,6,11-15H2,1H3,(H,26,32)(H,27,28)(H,30,31)/t21-/m1/s1. The van der Waals surface area contributed by atoms with Crippen molar-refractivity contribution in [2.75, 3.05) is 20.3 Å². The number of carbonyl (C=O) groups excluding carboxylic acids is 3. The molecule has 1 aliphatic carbocycles. The van der Waals surface area contributed by atoms with Crippen LogP contribution >= 0.6 is 0 Å². The van der Waals surface area contributed by atoms with E-state index in [2.05, 4.69) is 27.5 Å². The number of rotatable bonds is 11. The van der Waals surface area contributed by atoms with Gasteiger partial charge >= 0.3 is 18.0 Å². The van der Waals surface area contributed by atoms with Crippen molar-refractivity contribution in [2.24, 2.45) is 0 Å². The molecule has 0 aliphatic heterocycles. The lowest BCUT2D eigenvalue weighted by Gasteiger charge is -2.15. The Labute approximate surface area is 197 Å². The van der Waals surface area contributed by atoms with Crippen LogP contribution in [0.1, 0.15) is 42.7 Å². The fraction of sp³-hybridized carbons (Fsp3) is 0.360. The molecule has 1 aliphatic rings. The van der Waals surface area contributed by atoms with Crippen molar-refractivity contribution in [3.8, 4) is 11.1 Å². The molecule has 180 valence electrons. The molecule has 0 heterocycles. The van der Waals surface area contributed by atoms with E-state index in [1.165, 1.54) is 7.11 Å². The van der Waals surface area contributed by atoms with Gasteiger partial charge in [-0.1, -0.05) is 48.5 Å². The summed E-state index contributed by atoms with van der Waals surface area (Å²) in [5, 5.41) is 14.2. The fourth-order valence-corrected chi connectivity index (χ4v) is 3.98. The third-order valence-corrected chi connectivity index (χ3v) is 5.69. The Morgan fingerprint density at radius 3 is 2.18 bits per heavy atom. The maximum atomic E-state index is 12.2. The molecule has 3 N–H and O–H groups in total. The van der Waals surface area contributed by atoms with E-state index >= 15 is 0 Å². The highest BCUT2D eigenvalue weighted by Gasteiger charge is 2.29. The Morgan fingerprint density at radius 1 is 0.971 bits per heavy atom. The minimum atomic E-state index is -1.23. The quantitative estimate of drug-likeness (QED) is 0.341. The Morgan fingerprint density at radius 2 is 1.59 bits per heavy atom. The second-order valence-electron chi connectivity index (χ2n) is 7.93. The summed E-state index contributed by atoms with van der Waals surface area (Å²) in [6.45, 7) is 0.394. The summed E-state index contributed by atoms with van der Waals surface area (Å²) in [5.74, 6) is -2.30. The summed E-state index contributed by atoms with van der Waals surface area (Å²) < 4.78 is 9.91. The van der Waals surface area contributed by atoms with Crippen molar-refractivity contribution in [3.05, 3.63) is 59.7 Å². The lowest BCUT2D eigenvalue weighted by molar-refractivity contribution is -0.144. The van der Waals surface area contributed by atoms with Crippen LogP contribution in [0.5, 0.6) is 0 Å². The number of nitrogens with one attached hydrogen (secondary N) is 2. The molecule has 9 nitrogen and oxygen atoms in total. The van der Waals surface area contributed by atoms with Crippen LogP contribution in [0.3, 0.4) is 0 Å². The van der Waals surface area contributed by atoms with E-state index < -0.39 is 30.0 Å². The summed E-state index contributed by atoms with van der Waals surface area (Å²) >= 11 is 0. The number of esters is 1. The molecule has 0 spiro atoms. The van der Waals surface area contributed by atoms with E-state index in [1.54, 1.807) is 0 Å². The number of carboxylic acid groups (broad SMARTS) is 1. The van der Waals surface area contributed by atoms with Gasteiger partial charge in [0.25, 0.3) is 0 Å². The van der Waals surface area contributed by atoms with E-state index in [0.29, 0.717) is 6.42 Å². The van der Waals surface area contributed by atoms with Crippen LogP contribution in [0.2, 0.25) is 0 Å². The molecule has 0 fully saturated rings. The van der Waals surface area contributed by atoms with Crippen LogP contribution < -0.4 is 10.6 Å². The average Bonchev–Trinajstić information content (AvgIpc) is 3.16. The van der Waals surface area contributed by atoms with Crippen molar-refractivity contribution >= 4 is 23.9 Å². The number of carboxylic acids is 1. The molecule has 0 saturated heterocycles. The van der Waals surface area contributed by atoms with Crippen LogP contribution in [-0.2, 0) is 23.9 Å². The fourth-order valence-electron chi connectivity index (χ4n) is 3.98. The minimum Gasteiger partial charge on any atom is -0.480 e.